The lowest BCUT2D eigenvalue weighted by molar-refractivity contribution is 0.736. The lowest BCUT2D eigenvalue weighted by Crippen LogP contribution is -2.17. The van der Waals surface area contributed by atoms with Gasteiger partial charge >= 0.3 is 0 Å². The van der Waals surface area contributed by atoms with Gasteiger partial charge in [-0.3, -0.25) is 0 Å². The summed E-state index contributed by atoms with van der Waals surface area (Å²) >= 11 is 0. The summed E-state index contributed by atoms with van der Waals surface area (Å²) in [6.07, 6.45) is 0.667. The van der Waals surface area contributed by atoms with Gasteiger partial charge in [0, 0.05) is 83.8 Å². The normalized spacial score (nSPS) is 12.0. The first kappa shape index (κ1) is 36.3. The second kappa shape index (κ2) is 14.1. The Bertz CT molecular complexity index is 3870. The Balaban J connectivity index is 1.20. The standard InChI is InChI=1S/C59H41N5/c1-38-49(37-62-52-28-12-4-20-41(52)42-21-5-13-29-53(42)62)48(36-60)59(64-56-32-16-8-24-45(56)46-25-9-17-33-57(46)64)47(34-35-61-50-26-10-2-18-39(50)40-19-3-11-27-51(40)61)58(38)63-54-30-14-6-22-43(54)44-23-7-15-31-55(44)63/h2-33H,34-35,37H2,1H3. The van der Waals surface area contributed by atoms with Gasteiger partial charge < -0.3 is 18.3 Å². The van der Waals surface area contributed by atoms with Crippen molar-refractivity contribution >= 4 is 87.2 Å². The molecule has 0 fully saturated rings. The van der Waals surface area contributed by atoms with Crippen LogP contribution in [0.25, 0.3) is 98.6 Å². The molecule has 4 heterocycles. The summed E-state index contributed by atoms with van der Waals surface area (Å²) < 4.78 is 9.84. The second-order valence-corrected chi connectivity index (χ2v) is 17.1. The van der Waals surface area contributed by atoms with Gasteiger partial charge in [-0.05, 0) is 73.0 Å². The molecule has 0 amide bonds. The summed E-state index contributed by atoms with van der Waals surface area (Å²) in [5.74, 6) is 0. The van der Waals surface area contributed by atoms with E-state index in [2.05, 4.69) is 225 Å². The van der Waals surface area contributed by atoms with Crippen LogP contribution in [0, 0.1) is 18.3 Å². The first-order valence-corrected chi connectivity index (χ1v) is 22.2. The van der Waals surface area contributed by atoms with Gasteiger partial charge in [-0.2, -0.15) is 5.26 Å². The van der Waals surface area contributed by atoms with Gasteiger partial charge in [-0.25, -0.2) is 0 Å². The van der Waals surface area contributed by atoms with E-state index < -0.39 is 0 Å². The van der Waals surface area contributed by atoms with E-state index in [0.29, 0.717) is 25.1 Å². The molecule has 0 unspecified atom stereocenters. The van der Waals surface area contributed by atoms with Crippen molar-refractivity contribution in [2.24, 2.45) is 0 Å². The van der Waals surface area contributed by atoms with Crippen molar-refractivity contribution in [1.82, 2.24) is 18.3 Å². The van der Waals surface area contributed by atoms with E-state index >= 15 is 0 Å². The molecule has 0 aliphatic heterocycles. The van der Waals surface area contributed by atoms with Crippen molar-refractivity contribution in [1.29, 1.82) is 5.26 Å². The van der Waals surface area contributed by atoms with Crippen LogP contribution < -0.4 is 0 Å². The molecule has 0 aliphatic rings. The van der Waals surface area contributed by atoms with Crippen LogP contribution in [0.5, 0.6) is 0 Å². The molecule has 0 atom stereocenters. The Kier molecular flexibility index (Phi) is 8.01. The molecule has 0 spiro atoms. The topological polar surface area (TPSA) is 43.5 Å². The van der Waals surface area contributed by atoms with Crippen molar-refractivity contribution in [3.05, 3.63) is 216 Å². The van der Waals surface area contributed by atoms with E-state index in [0.717, 1.165) is 61.2 Å². The summed E-state index contributed by atoms with van der Waals surface area (Å²) in [4.78, 5) is 0. The minimum atomic E-state index is 0.518. The lowest BCUT2D eigenvalue weighted by Gasteiger charge is -2.27. The molecule has 0 radical (unpaired) electrons. The highest BCUT2D eigenvalue weighted by Crippen LogP contribution is 2.44. The number of benzene rings is 9. The number of aromatic nitrogens is 4. The Morgan fingerprint density at radius 3 is 1.02 bits per heavy atom. The van der Waals surface area contributed by atoms with Crippen LogP contribution in [0.2, 0.25) is 0 Å². The van der Waals surface area contributed by atoms with Gasteiger partial charge in [-0.15, -0.1) is 0 Å². The summed E-state index contributed by atoms with van der Waals surface area (Å²) in [6.45, 7) is 3.49. The van der Waals surface area contributed by atoms with Crippen LogP contribution in [-0.2, 0) is 19.5 Å². The van der Waals surface area contributed by atoms with Gasteiger partial charge in [0.05, 0.1) is 39.0 Å². The van der Waals surface area contributed by atoms with Crippen molar-refractivity contribution in [3.8, 4) is 17.4 Å². The summed E-state index contributed by atoms with van der Waals surface area (Å²) in [7, 11) is 0. The molecule has 64 heavy (non-hydrogen) atoms. The third-order valence-corrected chi connectivity index (χ3v) is 13.9. The maximum Gasteiger partial charge on any atom is 0.102 e. The van der Waals surface area contributed by atoms with Gasteiger partial charge in [0.2, 0.25) is 0 Å². The van der Waals surface area contributed by atoms with E-state index in [4.69, 9.17) is 0 Å². The van der Waals surface area contributed by atoms with Crippen LogP contribution in [0.15, 0.2) is 194 Å². The Hall–Kier alpha value is -8.33. The summed E-state index contributed by atoms with van der Waals surface area (Å²) in [5, 5.41) is 21.6. The largest absolute Gasteiger partial charge is 0.340 e. The van der Waals surface area contributed by atoms with Crippen molar-refractivity contribution in [2.75, 3.05) is 0 Å². The number of hydrogen-bond acceptors (Lipinski definition) is 1. The van der Waals surface area contributed by atoms with Gasteiger partial charge in [0.1, 0.15) is 6.07 Å². The van der Waals surface area contributed by atoms with Gasteiger partial charge in [0.15, 0.2) is 0 Å². The van der Waals surface area contributed by atoms with Crippen LogP contribution in [-0.4, -0.2) is 18.3 Å². The van der Waals surface area contributed by atoms with E-state index in [9.17, 15) is 5.26 Å². The SMILES string of the molecule is Cc1c(Cn2c3ccccc3c3ccccc32)c(C#N)c(-n2c3ccccc3c3ccccc32)c(CCn2c3ccccc3c3ccccc32)c1-n1c2ccccc2c2ccccc21. The quantitative estimate of drug-likeness (QED) is 0.158. The molecule has 13 rings (SSSR count). The third-order valence-electron chi connectivity index (χ3n) is 13.9. The minimum absolute atomic E-state index is 0.518. The predicted molar refractivity (Wildman–Crippen MR) is 266 cm³/mol. The molecule has 4 aromatic heterocycles. The van der Waals surface area contributed by atoms with Crippen molar-refractivity contribution in [3.63, 3.8) is 0 Å². The average Bonchev–Trinajstić information content (AvgIpc) is 4.07. The fraction of sp³-hybridized carbons (Fsp3) is 0.0678. The van der Waals surface area contributed by atoms with Gasteiger partial charge in [0.25, 0.3) is 0 Å². The molecule has 0 bridgehead atoms. The zero-order valence-corrected chi connectivity index (χ0v) is 35.3. The highest BCUT2D eigenvalue weighted by molar-refractivity contribution is 6.12. The summed E-state index contributed by atoms with van der Waals surface area (Å²) in [6, 6.07) is 72.8. The number of hydrogen-bond donors (Lipinski definition) is 0. The highest BCUT2D eigenvalue weighted by atomic mass is 15.0. The van der Waals surface area contributed by atoms with Crippen LogP contribution >= 0.6 is 0 Å². The van der Waals surface area contributed by atoms with Gasteiger partial charge in [-0.1, -0.05) is 146 Å². The first-order chi connectivity index (χ1) is 31.7. The number of para-hydroxylation sites is 8. The number of nitrogens with zero attached hydrogens (tertiary/aromatic N) is 5. The molecule has 302 valence electrons. The van der Waals surface area contributed by atoms with Crippen LogP contribution in [0.4, 0.5) is 0 Å². The zero-order valence-electron chi connectivity index (χ0n) is 35.3. The molecule has 0 aliphatic carbocycles. The maximum atomic E-state index is 12.0. The Morgan fingerprint density at radius 2 is 0.656 bits per heavy atom. The number of nitriles is 1. The average molecular weight is 820 g/mol. The molecule has 0 saturated heterocycles. The fourth-order valence-electron chi connectivity index (χ4n) is 11.2. The smallest absolute Gasteiger partial charge is 0.102 e. The molecule has 13 aromatic rings. The van der Waals surface area contributed by atoms with Crippen LogP contribution in [0.1, 0.15) is 22.3 Å². The molecule has 0 saturated carbocycles. The molecular formula is C59H41N5. The molecular weight excluding hydrogens is 779 g/mol. The molecule has 9 aromatic carbocycles. The Labute approximate surface area is 369 Å². The molecule has 0 N–H and O–H groups in total. The van der Waals surface area contributed by atoms with E-state index in [1.54, 1.807) is 0 Å². The van der Waals surface area contributed by atoms with E-state index in [-0.39, 0.29) is 0 Å². The molecule has 5 nitrogen and oxygen atoms in total. The number of rotatable bonds is 7. The predicted octanol–water partition coefficient (Wildman–Crippen LogP) is 14.6. The highest BCUT2D eigenvalue weighted by Gasteiger charge is 2.29. The summed E-state index contributed by atoms with van der Waals surface area (Å²) in [5.41, 5.74) is 15.2. The first-order valence-electron chi connectivity index (χ1n) is 22.2. The zero-order chi connectivity index (χ0) is 42.5. The minimum Gasteiger partial charge on any atom is -0.340 e. The van der Waals surface area contributed by atoms with Crippen LogP contribution in [0.3, 0.4) is 0 Å². The maximum absolute atomic E-state index is 12.0. The molecule has 5 heteroatoms. The lowest BCUT2D eigenvalue weighted by atomic mass is 9.91. The Morgan fingerprint density at radius 1 is 0.359 bits per heavy atom. The van der Waals surface area contributed by atoms with Crippen molar-refractivity contribution < 1.29 is 0 Å². The van der Waals surface area contributed by atoms with Crippen molar-refractivity contribution in [2.45, 2.75) is 26.4 Å². The monoisotopic (exact) mass is 819 g/mol. The van der Waals surface area contributed by atoms with E-state index in [1.807, 2.05) is 0 Å². The fourth-order valence-corrected chi connectivity index (χ4v) is 11.2. The number of fused-ring (bicyclic) bond motifs is 12. The number of aryl methyl sites for hydroxylation is 1. The second-order valence-electron chi connectivity index (χ2n) is 17.1. The third kappa shape index (κ3) is 5.11. The van der Waals surface area contributed by atoms with E-state index in [1.165, 1.54) is 54.1 Å².